The Kier molecular flexibility index (Phi) is 1.93. The van der Waals surface area contributed by atoms with Gasteiger partial charge in [-0.3, -0.25) is 9.48 Å². The first-order chi connectivity index (χ1) is 6.74. The van der Waals surface area contributed by atoms with Crippen molar-refractivity contribution in [1.82, 2.24) is 9.78 Å². The normalized spacial score (nSPS) is 10.4. The smallest absolute Gasteiger partial charge is 0.203 e. The molecule has 0 aliphatic rings. The maximum Gasteiger partial charge on any atom is 0.203 e. The number of fused-ring (bicyclic) bond motifs is 1. The molecule has 0 radical (unpaired) electrons. The maximum atomic E-state index is 11.5. The summed E-state index contributed by atoms with van der Waals surface area (Å²) in [6.07, 6.45) is 1.31. The van der Waals surface area contributed by atoms with Crippen molar-refractivity contribution in [2.75, 3.05) is 0 Å². The number of benzene rings is 1. The standard InChI is InChI=1S/C11H10N2O/c1-3-10(14)11-8-6-4-5-7-9(8)12-13(11)2/h3-7H,1H2,2H3. The van der Waals surface area contributed by atoms with Crippen molar-refractivity contribution in [3.63, 3.8) is 0 Å². The number of nitrogens with zero attached hydrogens (tertiary/aromatic N) is 2. The van der Waals surface area contributed by atoms with Crippen LogP contribution in [0.25, 0.3) is 10.9 Å². The number of ketones is 1. The summed E-state index contributed by atoms with van der Waals surface area (Å²) >= 11 is 0. The second-order valence-electron chi connectivity index (χ2n) is 3.06. The van der Waals surface area contributed by atoms with Gasteiger partial charge in [-0.2, -0.15) is 5.10 Å². The number of aromatic nitrogens is 2. The van der Waals surface area contributed by atoms with E-state index in [2.05, 4.69) is 11.7 Å². The Balaban J connectivity index is 2.80. The van der Waals surface area contributed by atoms with Crippen molar-refractivity contribution in [2.45, 2.75) is 0 Å². The summed E-state index contributed by atoms with van der Waals surface area (Å²) < 4.78 is 1.59. The first-order valence-corrected chi connectivity index (χ1v) is 4.32. The number of carbonyl (C=O) groups is 1. The molecule has 14 heavy (non-hydrogen) atoms. The molecule has 0 saturated heterocycles. The summed E-state index contributed by atoms with van der Waals surface area (Å²) in [6.45, 7) is 3.47. The largest absolute Gasteiger partial charge is 0.288 e. The van der Waals surface area contributed by atoms with Crippen LogP contribution in [0.4, 0.5) is 0 Å². The van der Waals surface area contributed by atoms with Crippen LogP contribution in [-0.4, -0.2) is 15.6 Å². The minimum Gasteiger partial charge on any atom is -0.288 e. The Morgan fingerprint density at radius 1 is 1.50 bits per heavy atom. The predicted molar refractivity (Wildman–Crippen MR) is 55.2 cm³/mol. The number of rotatable bonds is 2. The molecule has 3 heteroatoms. The zero-order valence-corrected chi connectivity index (χ0v) is 7.90. The SMILES string of the molecule is C=CC(=O)c1c2ccccc2nn1C. The molecule has 70 valence electrons. The second-order valence-corrected chi connectivity index (χ2v) is 3.06. The molecule has 3 nitrogen and oxygen atoms in total. The van der Waals surface area contributed by atoms with Gasteiger partial charge in [0.2, 0.25) is 5.78 Å². The first-order valence-electron chi connectivity index (χ1n) is 4.32. The number of aryl methyl sites for hydroxylation is 1. The lowest BCUT2D eigenvalue weighted by Gasteiger charge is -1.95. The van der Waals surface area contributed by atoms with Crippen LogP contribution in [0.15, 0.2) is 36.9 Å². The molecule has 1 aromatic heterocycles. The molecule has 0 saturated carbocycles. The quantitative estimate of drug-likeness (QED) is 0.530. The fourth-order valence-electron chi connectivity index (χ4n) is 1.54. The van der Waals surface area contributed by atoms with Crippen LogP contribution in [0.1, 0.15) is 10.5 Å². The van der Waals surface area contributed by atoms with Crippen molar-refractivity contribution in [3.05, 3.63) is 42.6 Å². The van der Waals surface area contributed by atoms with Gasteiger partial charge in [0, 0.05) is 12.4 Å². The van der Waals surface area contributed by atoms with E-state index in [4.69, 9.17) is 0 Å². The van der Waals surface area contributed by atoms with Gasteiger partial charge in [0.1, 0.15) is 5.69 Å². The Bertz CT molecular complexity index is 511. The number of carbonyl (C=O) groups excluding carboxylic acids is 1. The summed E-state index contributed by atoms with van der Waals surface area (Å²) in [5.41, 5.74) is 1.43. The van der Waals surface area contributed by atoms with E-state index in [0.29, 0.717) is 5.69 Å². The van der Waals surface area contributed by atoms with Gasteiger partial charge in [0.05, 0.1) is 5.52 Å². The van der Waals surface area contributed by atoms with Gasteiger partial charge in [0.25, 0.3) is 0 Å². The van der Waals surface area contributed by atoms with Crippen molar-refractivity contribution in [1.29, 1.82) is 0 Å². The highest BCUT2D eigenvalue weighted by atomic mass is 16.1. The molecule has 0 atom stereocenters. The lowest BCUT2D eigenvalue weighted by molar-refractivity contribution is 0.104. The number of allylic oxidation sites excluding steroid dienone is 1. The monoisotopic (exact) mass is 186 g/mol. The molecule has 0 unspecified atom stereocenters. The summed E-state index contributed by atoms with van der Waals surface area (Å²) in [6, 6.07) is 7.57. The lowest BCUT2D eigenvalue weighted by Crippen LogP contribution is -2.03. The zero-order valence-electron chi connectivity index (χ0n) is 7.90. The van der Waals surface area contributed by atoms with Gasteiger partial charge in [-0.1, -0.05) is 24.8 Å². The van der Waals surface area contributed by atoms with Gasteiger partial charge in [0.15, 0.2) is 0 Å². The molecule has 0 spiro atoms. The Hall–Kier alpha value is -1.90. The molecule has 0 amide bonds. The minimum atomic E-state index is -0.0961. The van der Waals surface area contributed by atoms with Crippen molar-refractivity contribution < 1.29 is 4.79 Å². The molecule has 0 aliphatic carbocycles. The predicted octanol–water partition coefficient (Wildman–Crippen LogP) is 1.94. The third-order valence-corrected chi connectivity index (χ3v) is 2.16. The molecule has 2 aromatic rings. The summed E-state index contributed by atoms with van der Waals surface area (Å²) in [5, 5.41) is 5.11. The van der Waals surface area contributed by atoms with Gasteiger partial charge >= 0.3 is 0 Å². The van der Waals surface area contributed by atoms with E-state index in [9.17, 15) is 4.79 Å². The van der Waals surface area contributed by atoms with Gasteiger partial charge in [-0.05, 0) is 12.1 Å². The number of hydrogen-bond acceptors (Lipinski definition) is 2. The topological polar surface area (TPSA) is 34.9 Å². The first kappa shape index (κ1) is 8.69. The van der Waals surface area contributed by atoms with Crippen LogP contribution in [-0.2, 0) is 7.05 Å². The van der Waals surface area contributed by atoms with E-state index in [1.54, 1.807) is 11.7 Å². The minimum absolute atomic E-state index is 0.0961. The van der Waals surface area contributed by atoms with Crippen LogP contribution in [0.2, 0.25) is 0 Å². The molecule has 0 fully saturated rings. The van der Waals surface area contributed by atoms with Gasteiger partial charge in [-0.25, -0.2) is 0 Å². The third-order valence-electron chi connectivity index (χ3n) is 2.16. The Morgan fingerprint density at radius 2 is 2.21 bits per heavy atom. The van der Waals surface area contributed by atoms with E-state index < -0.39 is 0 Å². The van der Waals surface area contributed by atoms with Crippen molar-refractivity contribution >= 4 is 16.7 Å². The summed E-state index contributed by atoms with van der Waals surface area (Å²) in [5.74, 6) is -0.0961. The second kappa shape index (κ2) is 3.10. The van der Waals surface area contributed by atoms with Gasteiger partial charge < -0.3 is 0 Å². The van der Waals surface area contributed by atoms with E-state index in [-0.39, 0.29) is 5.78 Å². The Labute approximate surface area is 81.7 Å². The van der Waals surface area contributed by atoms with Crippen LogP contribution in [0.3, 0.4) is 0 Å². The van der Waals surface area contributed by atoms with E-state index in [0.717, 1.165) is 10.9 Å². The highest BCUT2D eigenvalue weighted by Gasteiger charge is 2.12. The van der Waals surface area contributed by atoms with Crippen molar-refractivity contribution in [2.24, 2.45) is 7.05 Å². The molecule has 2 rings (SSSR count). The van der Waals surface area contributed by atoms with Crippen LogP contribution < -0.4 is 0 Å². The lowest BCUT2D eigenvalue weighted by atomic mass is 10.1. The Morgan fingerprint density at radius 3 is 2.93 bits per heavy atom. The molecule has 0 bridgehead atoms. The van der Waals surface area contributed by atoms with Crippen LogP contribution in [0.5, 0.6) is 0 Å². The molecule has 0 N–H and O–H groups in total. The highest BCUT2D eigenvalue weighted by Crippen LogP contribution is 2.17. The fraction of sp³-hybridized carbons (Fsp3) is 0.0909. The fourth-order valence-corrected chi connectivity index (χ4v) is 1.54. The molecule has 0 aliphatic heterocycles. The number of hydrogen-bond donors (Lipinski definition) is 0. The van der Waals surface area contributed by atoms with E-state index in [1.807, 2.05) is 24.3 Å². The van der Waals surface area contributed by atoms with E-state index in [1.165, 1.54) is 6.08 Å². The zero-order chi connectivity index (χ0) is 10.1. The summed E-state index contributed by atoms with van der Waals surface area (Å²) in [4.78, 5) is 11.5. The van der Waals surface area contributed by atoms with Crippen molar-refractivity contribution in [3.8, 4) is 0 Å². The molecular formula is C11H10N2O. The molecule has 1 aromatic carbocycles. The summed E-state index contributed by atoms with van der Waals surface area (Å²) in [7, 11) is 1.76. The van der Waals surface area contributed by atoms with Crippen LogP contribution >= 0.6 is 0 Å². The third kappa shape index (κ3) is 1.14. The highest BCUT2D eigenvalue weighted by molar-refractivity contribution is 6.11. The van der Waals surface area contributed by atoms with Gasteiger partial charge in [-0.15, -0.1) is 0 Å². The maximum absolute atomic E-state index is 11.5. The van der Waals surface area contributed by atoms with Crippen LogP contribution in [0, 0.1) is 0 Å². The molecule has 1 heterocycles. The van der Waals surface area contributed by atoms with E-state index >= 15 is 0 Å². The average Bonchev–Trinajstić information content (AvgIpc) is 2.53. The average molecular weight is 186 g/mol. The molecular weight excluding hydrogens is 176 g/mol.